The molecule has 1 aromatic heterocycles. The van der Waals surface area contributed by atoms with Gasteiger partial charge in [-0.05, 0) is 22.9 Å². The summed E-state index contributed by atoms with van der Waals surface area (Å²) < 4.78 is 5.88. The molecule has 0 saturated carbocycles. The van der Waals surface area contributed by atoms with Crippen molar-refractivity contribution in [2.75, 3.05) is 18.1 Å². The van der Waals surface area contributed by atoms with Crippen molar-refractivity contribution in [3.05, 3.63) is 48.2 Å². The molecule has 6 heteroatoms. The molecular weight excluding hydrogens is 350 g/mol. The number of furan rings is 1. The minimum atomic E-state index is -0.870. The van der Waals surface area contributed by atoms with Crippen molar-refractivity contribution < 1.29 is 19.1 Å². The molecule has 4 rings (SSSR count). The Morgan fingerprint density at radius 1 is 1.19 bits per heavy atom. The van der Waals surface area contributed by atoms with Crippen LogP contribution >= 0.6 is 11.8 Å². The van der Waals surface area contributed by atoms with Gasteiger partial charge in [-0.25, -0.2) is 0 Å². The first-order valence-electron chi connectivity index (χ1n) is 8.61. The van der Waals surface area contributed by atoms with Gasteiger partial charge in [-0.1, -0.05) is 30.3 Å². The molecule has 1 saturated heterocycles. The number of carbonyl (C=O) groups is 2. The zero-order valence-electron chi connectivity index (χ0n) is 14.2. The van der Waals surface area contributed by atoms with E-state index in [0.717, 1.165) is 27.5 Å². The summed E-state index contributed by atoms with van der Waals surface area (Å²) in [6.07, 6.45) is 0.146. The van der Waals surface area contributed by atoms with E-state index in [4.69, 9.17) is 9.52 Å². The molecule has 0 radical (unpaired) electrons. The lowest BCUT2D eigenvalue weighted by Gasteiger charge is -2.34. The molecule has 0 bridgehead atoms. The van der Waals surface area contributed by atoms with Gasteiger partial charge in [-0.15, -0.1) is 0 Å². The number of nitrogens with zero attached hydrogens (tertiary/aromatic N) is 1. The van der Waals surface area contributed by atoms with Crippen LogP contribution in [0.5, 0.6) is 0 Å². The molecule has 2 aromatic carbocycles. The first-order chi connectivity index (χ1) is 12.6. The summed E-state index contributed by atoms with van der Waals surface area (Å²) in [7, 11) is 0. The molecule has 1 amide bonds. The summed E-state index contributed by atoms with van der Waals surface area (Å²) in [5.74, 6) is 1.19. The third-order valence-corrected chi connectivity index (χ3v) is 5.85. The summed E-state index contributed by atoms with van der Waals surface area (Å²) in [6.45, 7) is 0.588. The third-order valence-electron chi connectivity index (χ3n) is 4.76. The van der Waals surface area contributed by atoms with E-state index in [1.807, 2.05) is 36.4 Å². The van der Waals surface area contributed by atoms with Crippen molar-refractivity contribution in [2.24, 2.45) is 0 Å². The van der Waals surface area contributed by atoms with E-state index < -0.39 is 5.97 Å². The topological polar surface area (TPSA) is 70.8 Å². The lowest BCUT2D eigenvalue weighted by Crippen LogP contribution is -2.47. The summed E-state index contributed by atoms with van der Waals surface area (Å²) in [6, 6.07) is 13.7. The number of benzene rings is 2. The molecule has 2 heterocycles. The molecule has 1 unspecified atom stereocenters. The van der Waals surface area contributed by atoms with E-state index in [2.05, 4.69) is 6.07 Å². The lowest BCUT2D eigenvalue weighted by molar-refractivity contribution is -0.140. The molecule has 1 aliphatic rings. The Labute approximate surface area is 155 Å². The Kier molecular flexibility index (Phi) is 4.59. The number of hydrogen-bond acceptors (Lipinski definition) is 4. The number of aliphatic carboxylic acids is 1. The van der Waals surface area contributed by atoms with Crippen molar-refractivity contribution in [2.45, 2.75) is 18.9 Å². The fraction of sp³-hybridized carbons (Fsp3) is 0.300. The van der Waals surface area contributed by atoms with Crippen LogP contribution in [0.15, 0.2) is 46.9 Å². The highest BCUT2D eigenvalue weighted by Gasteiger charge is 2.29. The molecule has 0 aliphatic carbocycles. The van der Waals surface area contributed by atoms with E-state index in [9.17, 15) is 9.59 Å². The summed E-state index contributed by atoms with van der Waals surface area (Å²) in [5.41, 5.74) is 0.766. The molecule has 1 atom stereocenters. The Hall–Kier alpha value is -2.47. The molecule has 26 heavy (non-hydrogen) atoms. The van der Waals surface area contributed by atoms with E-state index in [1.54, 1.807) is 16.7 Å². The Balaban J connectivity index is 1.59. The zero-order chi connectivity index (χ0) is 18.1. The first kappa shape index (κ1) is 17.0. The number of amides is 1. The van der Waals surface area contributed by atoms with E-state index >= 15 is 0 Å². The number of hydrogen-bond donors (Lipinski definition) is 1. The maximum atomic E-state index is 12.8. The summed E-state index contributed by atoms with van der Waals surface area (Å²) >= 11 is 1.70. The smallest absolute Gasteiger partial charge is 0.305 e. The normalized spacial score (nSPS) is 17.7. The molecule has 3 aromatic rings. The van der Waals surface area contributed by atoms with Gasteiger partial charge in [-0.2, -0.15) is 11.8 Å². The second-order valence-electron chi connectivity index (χ2n) is 6.50. The molecule has 1 aliphatic heterocycles. The second kappa shape index (κ2) is 7.03. The van der Waals surface area contributed by atoms with Crippen molar-refractivity contribution in [3.63, 3.8) is 0 Å². The highest BCUT2D eigenvalue weighted by Crippen LogP contribution is 2.29. The molecule has 134 valence electrons. The predicted octanol–water partition coefficient (Wildman–Crippen LogP) is 3.55. The fourth-order valence-corrected chi connectivity index (χ4v) is 4.60. The van der Waals surface area contributed by atoms with Gasteiger partial charge >= 0.3 is 5.97 Å². The van der Waals surface area contributed by atoms with Gasteiger partial charge in [0, 0.05) is 23.4 Å². The van der Waals surface area contributed by atoms with Crippen LogP contribution in [0, 0.1) is 0 Å². The van der Waals surface area contributed by atoms with Gasteiger partial charge in [0.2, 0.25) is 5.91 Å². The fourth-order valence-electron chi connectivity index (χ4n) is 3.54. The third kappa shape index (κ3) is 3.29. The predicted molar refractivity (Wildman–Crippen MR) is 103 cm³/mol. The van der Waals surface area contributed by atoms with Crippen LogP contribution in [0.3, 0.4) is 0 Å². The van der Waals surface area contributed by atoms with Gasteiger partial charge in [0.15, 0.2) is 0 Å². The highest BCUT2D eigenvalue weighted by atomic mass is 32.2. The van der Waals surface area contributed by atoms with E-state index in [-0.39, 0.29) is 24.8 Å². The van der Waals surface area contributed by atoms with Crippen molar-refractivity contribution in [1.82, 2.24) is 4.90 Å². The number of carboxylic acid groups (broad SMARTS) is 1. The number of carbonyl (C=O) groups excluding carboxylic acids is 1. The minimum absolute atomic E-state index is 0.0104. The highest BCUT2D eigenvalue weighted by molar-refractivity contribution is 7.99. The molecule has 1 fully saturated rings. The zero-order valence-corrected chi connectivity index (χ0v) is 15.0. The van der Waals surface area contributed by atoms with Crippen molar-refractivity contribution in [1.29, 1.82) is 0 Å². The Morgan fingerprint density at radius 3 is 2.88 bits per heavy atom. The van der Waals surface area contributed by atoms with E-state index in [1.165, 1.54) is 0 Å². The van der Waals surface area contributed by atoms with Gasteiger partial charge in [-0.3, -0.25) is 9.59 Å². The van der Waals surface area contributed by atoms with E-state index in [0.29, 0.717) is 18.1 Å². The van der Waals surface area contributed by atoms with Gasteiger partial charge in [0.05, 0.1) is 18.9 Å². The molecular formula is C20H19NO4S. The second-order valence-corrected chi connectivity index (χ2v) is 7.65. The van der Waals surface area contributed by atoms with Crippen LogP contribution in [0.25, 0.3) is 21.7 Å². The van der Waals surface area contributed by atoms with Crippen LogP contribution in [0.4, 0.5) is 0 Å². The van der Waals surface area contributed by atoms with Crippen LogP contribution in [-0.4, -0.2) is 46.0 Å². The maximum Gasteiger partial charge on any atom is 0.305 e. The lowest BCUT2D eigenvalue weighted by atomic mass is 10.1. The van der Waals surface area contributed by atoms with Crippen LogP contribution in [0.1, 0.15) is 12.2 Å². The number of carboxylic acids is 1. The summed E-state index contributed by atoms with van der Waals surface area (Å²) in [4.78, 5) is 25.5. The largest absolute Gasteiger partial charge is 0.481 e. The Morgan fingerprint density at radius 2 is 2.04 bits per heavy atom. The number of fused-ring (bicyclic) bond motifs is 3. The first-order valence-corrected chi connectivity index (χ1v) is 9.76. The van der Waals surface area contributed by atoms with Gasteiger partial charge in [0.1, 0.15) is 11.3 Å². The Bertz CT molecular complexity index is 980. The van der Waals surface area contributed by atoms with Crippen molar-refractivity contribution >= 4 is 45.4 Å². The van der Waals surface area contributed by atoms with Crippen molar-refractivity contribution in [3.8, 4) is 0 Å². The van der Waals surface area contributed by atoms with Crippen LogP contribution in [0.2, 0.25) is 0 Å². The van der Waals surface area contributed by atoms with Gasteiger partial charge < -0.3 is 14.4 Å². The average Bonchev–Trinajstić information content (AvgIpc) is 3.04. The van der Waals surface area contributed by atoms with Crippen LogP contribution in [-0.2, 0) is 16.0 Å². The molecule has 5 nitrogen and oxygen atoms in total. The average molecular weight is 369 g/mol. The number of rotatable bonds is 4. The quantitative estimate of drug-likeness (QED) is 0.762. The minimum Gasteiger partial charge on any atom is -0.481 e. The number of thioether (sulfide) groups is 1. The van der Waals surface area contributed by atoms with Gasteiger partial charge in [0.25, 0.3) is 0 Å². The maximum absolute atomic E-state index is 12.8. The standard InChI is InChI=1S/C20H19NO4S/c22-19(21-7-8-26-12-14(21)9-20(23)24)11-15-10-17-16-4-2-1-3-13(16)5-6-18(17)25-15/h1-6,10,14H,7-9,11-12H2,(H,23,24). The molecule has 0 spiro atoms. The summed E-state index contributed by atoms with van der Waals surface area (Å²) in [5, 5.41) is 12.3. The molecule has 1 N–H and O–H groups in total. The SMILES string of the molecule is O=C(O)CC1CSCCN1C(=O)Cc1cc2c(ccc3ccccc32)o1. The van der Waals surface area contributed by atoms with Crippen LogP contribution < -0.4 is 0 Å². The monoisotopic (exact) mass is 369 g/mol.